The van der Waals surface area contributed by atoms with Crippen LogP contribution in [0, 0.1) is 11.3 Å². The summed E-state index contributed by atoms with van der Waals surface area (Å²) in [7, 11) is 0. The lowest BCUT2D eigenvalue weighted by molar-refractivity contribution is -0.145. The van der Waals surface area contributed by atoms with Crippen LogP contribution < -0.4 is 10.6 Å². The summed E-state index contributed by atoms with van der Waals surface area (Å²) in [5.41, 5.74) is -0.483. The topological polar surface area (TPSA) is 78.4 Å². The highest BCUT2D eigenvalue weighted by atomic mass is 16.4. The molecule has 0 saturated carbocycles. The Morgan fingerprint density at radius 1 is 1.41 bits per heavy atom. The average molecular weight is 242 g/mol. The van der Waals surface area contributed by atoms with Gasteiger partial charge in [-0.25, -0.2) is 4.79 Å². The fourth-order valence-electron chi connectivity index (χ4n) is 1.98. The predicted molar refractivity (Wildman–Crippen MR) is 64.6 cm³/mol. The summed E-state index contributed by atoms with van der Waals surface area (Å²) < 4.78 is 0. The molecule has 0 aromatic rings. The summed E-state index contributed by atoms with van der Waals surface area (Å²) in [6, 6.07) is -0.836. The predicted octanol–water partition coefficient (Wildman–Crippen LogP) is 0.602. The Labute approximate surface area is 102 Å². The average Bonchev–Trinajstić information content (AvgIpc) is 2.24. The molecule has 1 rings (SSSR count). The van der Waals surface area contributed by atoms with Crippen molar-refractivity contribution < 1.29 is 14.7 Å². The van der Waals surface area contributed by atoms with Crippen molar-refractivity contribution in [2.24, 2.45) is 11.3 Å². The maximum Gasteiger partial charge on any atom is 0.326 e. The Kier molecular flexibility index (Phi) is 4.51. The van der Waals surface area contributed by atoms with E-state index in [1.807, 2.05) is 20.8 Å². The van der Waals surface area contributed by atoms with Gasteiger partial charge in [0, 0.05) is 6.54 Å². The highest BCUT2D eigenvalue weighted by Crippen LogP contribution is 2.20. The Bertz CT molecular complexity index is 291. The molecule has 1 aliphatic heterocycles. The third-order valence-corrected chi connectivity index (χ3v) is 3.07. The Morgan fingerprint density at radius 3 is 2.47 bits per heavy atom. The maximum absolute atomic E-state index is 11.9. The number of carbonyl (C=O) groups is 2. The van der Waals surface area contributed by atoms with Gasteiger partial charge in [-0.1, -0.05) is 20.8 Å². The molecule has 0 aromatic carbocycles. The van der Waals surface area contributed by atoms with Crippen molar-refractivity contribution >= 4 is 11.9 Å². The van der Waals surface area contributed by atoms with Gasteiger partial charge in [-0.2, -0.15) is 0 Å². The normalized spacial score (nSPS) is 22.9. The summed E-state index contributed by atoms with van der Waals surface area (Å²) >= 11 is 0. The van der Waals surface area contributed by atoms with Gasteiger partial charge in [0.15, 0.2) is 0 Å². The molecule has 1 aliphatic rings. The van der Waals surface area contributed by atoms with Crippen molar-refractivity contribution in [3.63, 3.8) is 0 Å². The largest absolute Gasteiger partial charge is 0.480 e. The second-order valence-electron chi connectivity index (χ2n) is 5.69. The molecule has 1 saturated heterocycles. The minimum absolute atomic E-state index is 0.104. The standard InChI is InChI=1S/C12H22N2O3/c1-12(2,3)9(11(16)17)14-10(15)8-5-4-6-13-7-8/h8-9,13H,4-7H2,1-3H3,(H,14,15)(H,16,17)/t8?,9-/m0/s1. The number of nitrogens with one attached hydrogen (secondary N) is 2. The van der Waals surface area contributed by atoms with Crippen LogP contribution in [0.5, 0.6) is 0 Å². The number of rotatable bonds is 3. The minimum Gasteiger partial charge on any atom is -0.480 e. The monoisotopic (exact) mass is 242 g/mol. The first kappa shape index (κ1) is 14.0. The van der Waals surface area contributed by atoms with Crippen molar-refractivity contribution in [1.82, 2.24) is 10.6 Å². The van der Waals surface area contributed by atoms with Crippen LogP contribution >= 0.6 is 0 Å². The lowest BCUT2D eigenvalue weighted by atomic mass is 9.86. The van der Waals surface area contributed by atoms with Crippen LogP contribution in [0.2, 0.25) is 0 Å². The molecule has 2 atom stereocenters. The summed E-state index contributed by atoms with van der Waals surface area (Å²) in [5.74, 6) is -1.23. The molecule has 1 unspecified atom stereocenters. The van der Waals surface area contributed by atoms with Crippen LogP contribution in [0.1, 0.15) is 33.6 Å². The van der Waals surface area contributed by atoms with E-state index in [1.54, 1.807) is 0 Å². The van der Waals surface area contributed by atoms with Crippen molar-refractivity contribution in [2.45, 2.75) is 39.7 Å². The fourth-order valence-corrected chi connectivity index (χ4v) is 1.98. The van der Waals surface area contributed by atoms with Crippen LogP contribution in [0.4, 0.5) is 0 Å². The molecule has 5 heteroatoms. The van der Waals surface area contributed by atoms with E-state index in [0.717, 1.165) is 19.4 Å². The molecule has 1 fully saturated rings. The van der Waals surface area contributed by atoms with E-state index in [9.17, 15) is 9.59 Å². The number of piperidine rings is 1. The molecule has 98 valence electrons. The number of carboxylic acid groups (broad SMARTS) is 1. The molecule has 1 amide bonds. The van der Waals surface area contributed by atoms with Crippen molar-refractivity contribution in [3.05, 3.63) is 0 Å². The van der Waals surface area contributed by atoms with E-state index >= 15 is 0 Å². The number of carbonyl (C=O) groups excluding carboxylic acids is 1. The van der Waals surface area contributed by atoms with Gasteiger partial charge in [0.2, 0.25) is 5.91 Å². The van der Waals surface area contributed by atoms with Crippen molar-refractivity contribution in [1.29, 1.82) is 0 Å². The Morgan fingerprint density at radius 2 is 2.06 bits per heavy atom. The first-order valence-electron chi connectivity index (χ1n) is 6.06. The number of hydrogen-bond donors (Lipinski definition) is 3. The van der Waals surface area contributed by atoms with Gasteiger partial charge in [0.25, 0.3) is 0 Å². The summed E-state index contributed by atoms with van der Waals surface area (Å²) in [6.07, 6.45) is 1.79. The molecule has 5 nitrogen and oxygen atoms in total. The van der Waals surface area contributed by atoms with Gasteiger partial charge in [0.05, 0.1) is 5.92 Å². The molecule has 17 heavy (non-hydrogen) atoms. The third-order valence-electron chi connectivity index (χ3n) is 3.07. The van der Waals surface area contributed by atoms with Gasteiger partial charge >= 0.3 is 5.97 Å². The Balaban J connectivity index is 2.60. The van der Waals surface area contributed by atoms with Crippen LogP contribution in [-0.4, -0.2) is 36.1 Å². The zero-order chi connectivity index (χ0) is 13.1. The second-order valence-corrected chi connectivity index (χ2v) is 5.69. The molecule has 3 N–H and O–H groups in total. The number of carboxylic acids is 1. The van der Waals surface area contributed by atoms with E-state index in [0.29, 0.717) is 6.54 Å². The van der Waals surface area contributed by atoms with Gasteiger partial charge in [-0.3, -0.25) is 4.79 Å². The summed E-state index contributed by atoms with van der Waals surface area (Å²) in [4.78, 5) is 23.1. The second kappa shape index (κ2) is 5.49. The number of amides is 1. The zero-order valence-electron chi connectivity index (χ0n) is 10.7. The lowest BCUT2D eigenvalue weighted by Gasteiger charge is -2.30. The minimum atomic E-state index is -0.977. The van der Waals surface area contributed by atoms with E-state index in [4.69, 9.17) is 5.11 Å². The summed E-state index contributed by atoms with van der Waals surface area (Å²) in [5, 5.41) is 14.9. The molecular weight excluding hydrogens is 220 g/mol. The molecule has 0 aliphatic carbocycles. The van der Waals surface area contributed by atoms with Gasteiger partial charge < -0.3 is 15.7 Å². The van der Waals surface area contributed by atoms with Crippen molar-refractivity contribution in [3.8, 4) is 0 Å². The van der Waals surface area contributed by atoms with Crippen molar-refractivity contribution in [2.75, 3.05) is 13.1 Å². The third kappa shape index (κ3) is 4.00. The first-order valence-corrected chi connectivity index (χ1v) is 6.06. The molecule has 1 heterocycles. The molecule has 0 aromatic heterocycles. The van der Waals surface area contributed by atoms with Crippen LogP contribution in [-0.2, 0) is 9.59 Å². The quantitative estimate of drug-likeness (QED) is 0.677. The first-order chi connectivity index (χ1) is 7.82. The van der Waals surface area contributed by atoms with E-state index < -0.39 is 17.4 Å². The van der Waals surface area contributed by atoms with Gasteiger partial charge in [-0.15, -0.1) is 0 Å². The SMILES string of the molecule is CC(C)(C)[C@@H](NC(=O)C1CCCNC1)C(=O)O. The summed E-state index contributed by atoms with van der Waals surface area (Å²) in [6.45, 7) is 7.01. The van der Waals surface area contributed by atoms with Gasteiger partial charge in [0.1, 0.15) is 6.04 Å². The highest BCUT2D eigenvalue weighted by molar-refractivity contribution is 5.85. The maximum atomic E-state index is 11.9. The molecule has 0 radical (unpaired) electrons. The number of aliphatic carboxylic acids is 1. The Hall–Kier alpha value is -1.10. The fraction of sp³-hybridized carbons (Fsp3) is 0.833. The molecule has 0 spiro atoms. The van der Waals surface area contributed by atoms with Gasteiger partial charge in [-0.05, 0) is 24.8 Å². The zero-order valence-corrected chi connectivity index (χ0v) is 10.7. The van der Waals surface area contributed by atoms with E-state index in [2.05, 4.69) is 10.6 Å². The van der Waals surface area contributed by atoms with E-state index in [-0.39, 0.29) is 11.8 Å². The lowest BCUT2D eigenvalue weighted by Crippen LogP contribution is -2.52. The molecular formula is C12H22N2O3. The van der Waals surface area contributed by atoms with Crippen LogP contribution in [0.3, 0.4) is 0 Å². The highest BCUT2D eigenvalue weighted by Gasteiger charge is 2.34. The van der Waals surface area contributed by atoms with Crippen LogP contribution in [0.15, 0.2) is 0 Å². The van der Waals surface area contributed by atoms with Crippen LogP contribution in [0.25, 0.3) is 0 Å². The molecule has 0 bridgehead atoms. The smallest absolute Gasteiger partial charge is 0.326 e. The van der Waals surface area contributed by atoms with E-state index in [1.165, 1.54) is 0 Å². The number of hydrogen-bond acceptors (Lipinski definition) is 3.